The quantitative estimate of drug-likeness (QED) is 0.520. The minimum absolute atomic E-state index is 0.0733. The van der Waals surface area contributed by atoms with Gasteiger partial charge in [0.15, 0.2) is 0 Å². The lowest BCUT2D eigenvalue weighted by Gasteiger charge is -2.45. The molecule has 3 aromatic rings. The van der Waals surface area contributed by atoms with Crippen LogP contribution in [-0.4, -0.2) is 80.0 Å². The Labute approximate surface area is 200 Å². The third kappa shape index (κ3) is 3.80. The highest BCUT2D eigenvalue weighted by Gasteiger charge is 2.53. The molecule has 5 heterocycles. The van der Waals surface area contributed by atoms with Gasteiger partial charge in [0.25, 0.3) is 5.91 Å². The summed E-state index contributed by atoms with van der Waals surface area (Å²) in [6.07, 6.45) is 9.42. The van der Waals surface area contributed by atoms with Gasteiger partial charge in [0.05, 0.1) is 38.6 Å². The number of ether oxygens (including phenoxy) is 1. The van der Waals surface area contributed by atoms with Crippen LogP contribution in [0.4, 0.5) is 4.39 Å². The number of nitriles is 1. The predicted octanol–water partition coefficient (Wildman–Crippen LogP) is 1.98. The Morgan fingerprint density at radius 1 is 1.20 bits per heavy atom. The molecular formula is C24H24FN7O3. The van der Waals surface area contributed by atoms with Crippen LogP contribution in [0, 0.1) is 11.3 Å². The van der Waals surface area contributed by atoms with Crippen LogP contribution in [0.3, 0.4) is 0 Å². The Bertz CT molecular complexity index is 1360. The zero-order valence-corrected chi connectivity index (χ0v) is 19.2. The number of rotatable bonds is 5. The second kappa shape index (κ2) is 8.54. The molecule has 180 valence electrons. The van der Waals surface area contributed by atoms with Crippen LogP contribution in [-0.2, 0) is 9.59 Å². The molecule has 2 fully saturated rings. The van der Waals surface area contributed by atoms with Gasteiger partial charge in [0.2, 0.25) is 11.6 Å². The first-order valence-corrected chi connectivity index (χ1v) is 11.3. The van der Waals surface area contributed by atoms with Gasteiger partial charge in [-0.2, -0.15) is 15.5 Å². The van der Waals surface area contributed by atoms with Crippen LogP contribution in [0.1, 0.15) is 24.4 Å². The van der Waals surface area contributed by atoms with Crippen molar-refractivity contribution in [1.29, 1.82) is 5.26 Å². The van der Waals surface area contributed by atoms with Gasteiger partial charge in [0.1, 0.15) is 22.9 Å². The highest BCUT2D eigenvalue weighted by atomic mass is 19.1. The number of likely N-dealkylation sites (tertiary alicyclic amines) is 2. The third-order valence-electron chi connectivity index (χ3n) is 6.73. The molecule has 0 saturated carbocycles. The summed E-state index contributed by atoms with van der Waals surface area (Å²) in [6.45, 7) is 3.79. The lowest BCUT2D eigenvalue weighted by Crippen LogP contribution is -2.68. The van der Waals surface area contributed by atoms with E-state index in [4.69, 9.17) is 4.74 Å². The largest absolute Gasteiger partial charge is 0.494 e. The first-order chi connectivity index (χ1) is 16.9. The highest BCUT2D eigenvalue weighted by Crippen LogP contribution is 2.33. The van der Waals surface area contributed by atoms with Gasteiger partial charge in [-0.1, -0.05) is 6.58 Å². The topological polar surface area (TPSA) is 109 Å². The molecule has 0 aromatic carbocycles. The number of pyridine rings is 1. The van der Waals surface area contributed by atoms with Crippen LogP contribution < -0.4 is 4.74 Å². The average Bonchev–Trinajstić information content (AvgIpc) is 3.53. The maximum absolute atomic E-state index is 15.0. The third-order valence-corrected chi connectivity index (χ3v) is 6.73. The van der Waals surface area contributed by atoms with Crippen LogP contribution >= 0.6 is 0 Å². The summed E-state index contributed by atoms with van der Waals surface area (Å²) in [4.78, 5) is 27.1. The Morgan fingerprint density at radius 3 is 2.60 bits per heavy atom. The molecule has 0 radical (unpaired) electrons. The number of alkyl halides is 1. The van der Waals surface area contributed by atoms with E-state index in [0.29, 0.717) is 42.8 Å². The number of halogens is 1. The second-order valence-corrected chi connectivity index (χ2v) is 8.86. The number of piperidine rings is 1. The number of carbonyl (C=O) groups excluding carboxylic acids is 2. The average molecular weight is 478 g/mol. The van der Waals surface area contributed by atoms with Gasteiger partial charge < -0.3 is 14.5 Å². The van der Waals surface area contributed by atoms with Crippen LogP contribution in [0.2, 0.25) is 0 Å². The van der Waals surface area contributed by atoms with E-state index in [1.807, 2.05) is 23.1 Å². The van der Waals surface area contributed by atoms with Gasteiger partial charge in [-0.3, -0.25) is 14.3 Å². The Morgan fingerprint density at radius 2 is 1.94 bits per heavy atom. The normalized spacial score (nSPS) is 17.6. The van der Waals surface area contributed by atoms with Crippen molar-refractivity contribution < 1.29 is 18.7 Å². The van der Waals surface area contributed by atoms with E-state index < -0.39 is 11.6 Å². The number of hydrogen-bond acceptors (Lipinski definition) is 6. The molecule has 35 heavy (non-hydrogen) atoms. The van der Waals surface area contributed by atoms with E-state index in [1.165, 1.54) is 11.1 Å². The maximum Gasteiger partial charge on any atom is 0.264 e. The van der Waals surface area contributed by atoms with Crippen LogP contribution in [0.15, 0.2) is 43.5 Å². The number of methoxy groups -OCH3 is 1. The monoisotopic (exact) mass is 477 g/mol. The van der Waals surface area contributed by atoms with Crippen molar-refractivity contribution in [2.75, 3.05) is 33.3 Å². The summed E-state index contributed by atoms with van der Waals surface area (Å²) < 4.78 is 23.9. The Kier molecular flexibility index (Phi) is 5.51. The second-order valence-electron chi connectivity index (χ2n) is 8.86. The molecule has 5 rings (SSSR count). The molecule has 11 heteroatoms. The van der Waals surface area contributed by atoms with E-state index in [2.05, 4.69) is 22.8 Å². The number of hydrogen-bond donors (Lipinski definition) is 0. The lowest BCUT2D eigenvalue weighted by molar-refractivity contribution is -0.162. The fourth-order valence-corrected chi connectivity index (χ4v) is 4.76. The van der Waals surface area contributed by atoms with Crippen molar-refractivity contribution in [3.63, 3.8) is 0 Å². The lowest BCUT2D eigenvalue weighted by atomic mass is 9.92. The van der Waals surface area contributed by atoms with E-state index in [-0.39, 0.29) is 25.0 Å². The molecule has 2 aliphatic rings. The van der Waals surface area contributed by atoms with E-state index in [1.54, 1.807) is 22.7 Å². The zero-order valence-electron chi connectivity index (χ0n) is 19.2. The smallest absolute Gasteiger partial charge is 0.264 e. The standard InChI is InChI=1S/C24H24FN7O3/c1-3-21(33)30-14-24(25,15-30)23(34)29-6-4-19(5-7-29)31-13-18(11-27-31)16-8-20(35-2)22-17(9-26)10-28-32(22)12-16/h3,8,10-13,19H,1,4-7,14-15H2,2H3. The first-order valence-electron chi connectivity index (χ1n) is 11.3. The number of nitrogens with zero attached hydrogens (tertiary/aromatic N) is 7. The highest BCUT2D eigenvalue weighted by molar-refractivity contribution is 5.93. The summed E-state index contributed by atoms with van der Waals surface area (Å²) in [5, 5.41) is 18.1. The summed E-state index contributed by atoms with van der Waals surface area (Å²) in [5.74, 6) is -0.378. The van der Waals surface area contributed by atoms with Crippen molar-refractivity contribution >= 4 is 17.3 Å². The number of carbonyl (C=O) groups is 2. The minimum Gasteiger partial charge on any atom is -0.494 e. The summed E-state index contributed by atoms with van der Waals surface area (Å²) in [5.41, 5.74) is 0.727. The molecule has 3 aromatic heterocycles. The van der Waals surface area contributed by atoms with Crippen LogP contribution in [0.25, 0.3) is 16.6 Å². The molecule has 2 saturated heterocycles. The van der Waals surface area contributed by atoms with Crippen LogP contribution in [0.5, 0.6) is 5.75 Å². The molecule has 0 aliphatic carbocycles. The summed E-state index contributed by atoms with van der Waals surface area (Å²) >= 11 is 0. The van der Waals surface area contributed by atoms with Gasteiger partial charge in [-0.05, 0) is 25.0 Å². The van der Waals surface area contributed by atoms with Gasteiger partial charge in [-0.25, -0.2) is 8.91 Å². The Hall–Kier alpha value is -4.20. The summed E-state index contributed by atoms with van der Waals surface area (Å²) in [7, 11) is 1.55. The molecule has 0 N–H and O–H groups in total. The molecule has 2 aliphatic heterocycles. The van der Waals surface area contributed by atoms with Crippen molar-refractivity contribution in [3.05, 3.63) is 49.1 Å². The molecule has 0 atom stereocenters. The number of fused-ring (bicyclic) bond motifs is 1. The molecular weight excluding hydrogens is 453 g/mol. The first kappa shape index (κ1) is 22.6. The van der Waals surface area contributed by atoms with E-state index in [0.717, 1.165) is 17.2 Å². The minimum atomic E-state index is -2.01. The SMILES string of the molecule is C=CC(=O)N1CC(F)(C(=O)N2CCC(n3cc(-c4cc(OC)c5c(C#N)cnn5c4)cn3)CC2)C1. The fraction of sp³-hybridized carbons (Fsp3) is 0.375. The predicted molar refractivity (Wildman–Crippen MR) is 123 cm³/mol. The molecule has 2 amide bonds. The van der Waals surface area contributed by atoms with Gasteiger partial charge >= 0.3 is 0 Å². The molecule has 0 bridgehead atoms. The van der Waals surface area contributed by atoms with Crippen molar-refractivity contribution in [1.82, 2.24) is 29.2 Å². The molecule has 10 nitrogen and oxygen atoms in total. The Balaban J connectivity index is 1.26. The maximum atomic E-state index is 15.0. The fourth-order valence-electron chi connectivity index (χ4n) is 4.76. The van der Waals surface area contributed by atoms with Crippen molar-refractivity contribution in [3.8, 4) is 22.9 Å². The zero-order chi connectivity index (χ0) is 24.7. The van der Waals surface area contributed by atoms with Gasteiger partial charge in [-0.15, -0.1) is 0 Å². The van der Waals surface area contributed by atoms with E-state index in [9.17, 15) is 19.2 Å². The van der Waals surface area contributed by atoms with Crippen molar-refractivity contribution in [2.45, 2.75) is 24.6 Å². The van der Waals surface area contributed by atoms with E-state index >= 15 is 0 Å². The van der Waals surface area contributed by atoms with Gasteiger partial charge in [0, 0.05) is 36.6 Å². The molecule has 0 spiro atoms. The number of aromatic nitrogens is 4. The summed E-state index contributed by atoms with van der Waals surface area (Å²) in [6, 6.07) is 4.04. The van der Waals surface area contributed by atoms with Crippen molar-refractivity contribution in [2.24, 2.45) is 0 Å². The molecule has 0 unspecified atom stereocenters. The number of amides is 2.